The number of ether oxygens (including phenoxy) is 1. The lowest BCUT2D eigenvalue weighted by molar-refractivity contribution is 0.0525. The second kappa shape index (κ2) is 6.63. The number of hydrogen-bond acceptors (Lipinski definition) is 3. The van der Waals surface area contributed by atoms with Crippen LogP contribution < -0.4 is 11.1 Å². The number of urea groups is 1. The fraction of sp³-hybridized carbons (Fsp3) is 0.900. The van der Waals surface area contributed by atoms with Crippen molar-refractivity contribution in [2.75, 3.05) is 32.8 Å². The Morgan fingerprint density at radius 1 is 1.53 bits per heavy atom. The molecule has 1 heterocycles. The van der Waals surface area contributed by atoms with E-state index in [2.05, 4.69) is 5.32 Å². The van der Waals surface area contributed by atoms with Crippen LogP contribution in [0.2, 0.25) is 0 Å². The summed E-state index contributed by atoms with van der Waals surface area (Å²) in [6.07, 6.45) is 1.89. The summed E-state index contributed by atoms with van der Waals surface area (Å²) < 4.78 is 5.18. The maximum Gasteiger partial charge on any atom is 0.317 e. The molecular formula is C10H21N3O2. The van der Waals surface area contributed by atoms with Crippen LogP contribution in [-0.4, -0.2) is 49.8 Å². The lowest BCUT2D eigenvalue weighted by Gasteiger charge is -2.28. The Labute approximate surface area is 90.9 Å². The Bertz CT molecular complexity index is 193. The van der Waals surface area contributed by atoms with Gasteiger partial charge in [0.25, 0.3) is 0 Å². The fourth-order valence-corrected chi connectivity index (χ4v) is 1.56. The molecule has 2 amide bonds. The summed E-state index contributed by atoms with van der Waals surface area (Å²) in [5.74, 6) is 0. The van der Waals surface area contributed by atoms with Crippen LogP contribution in [0.5, 0.6) is 0 Å². The van der Waals surface area contributed by atoms with E-state index in [1.54, 1.807) is 4.90 Å². The number of nitrogens with two attached hydrogens (primary N) is 1. The number of rotatable bonds is 4. The molecule has 88 valence electrons. The van der Waals surface area contributed by atoms with Crippen LogP contribution in [0.25, 0.3) is 0 Å². The van der Waals surface area contributed by atoms with Gasteiger partial charge in [-0.15, -0.1) is 0 Å². The van der Waals surface area contributed by atoms with Crippen molar-refractivity contribution in [3.8, 4) is 0 Å². The van der Waals surface area contributed by atoms with Gasteiger partial charge in [-0.25, -0.2) is 4.79 Å². The van der Waals surface area contributed by atoms with Gasteiger partial charge >= 0.3 is 6.03 Å². The Hall–Kier alpha value is -0.810. The number of nitrogens with zero attached hydrogens (tertiary/aromatic N) is 1. The van der Waals surface area contributed by atoms with Gasteiger partial charge in [0.05, 0.1) is 13.2 Å². The van der Waals surface area contributed by atoms with Gasteiger partial charge in [-0.3, -0.25) is 0 Å². The molecule has 1 fully saturated rings. The summed E-state index contributed by atoms with van der Waals surface area (Å²) in [5.41, 5.74) is 5.41. The molecular weight excluding hydrogens is 194 g/mol. The zero-order valence-corrected chi connectivity index (χ0v) is 9.37. The molecule has 1 aliphatic heterocycles. The van der Waals surface area contributed by atoms with Gasteiger partial charge in [-0.2, -0.15) is 0 Å². The minimum Gasteiger partial charge on any atom is -0.378 e. The lowest BCUT2D eigenvalue weighted by Crippen LogP contribution is -2.48. The Morgan fingerprint density at radius 3 is 2.80 bits per heavy atom. The highest BCUT2D eigenvalue weighted by Crippen LogP contribution is 2.00. The number of carbonyl (C=O) groups excluding carboxylic acids is 1. The second-order valence-electron chi connectivity index (χ2n) is 3.88. The van der Waals surface area contributed by atoms with Crippen molar-refractivity contribution < 1.29 is 9.53 Å². The maximum absolute atomic E-state index is 11.7. The highest BCUT2D eigenvalue weighted by molar-refractivity contribution is 5.74. The first-order chi connectivity index (χ1) is 7.24. The molecule has 1 aliphatic rings. The first-order valence-corrected chi connectivity index (χ1v) is 5.57. The van der Waals surface area contributed by atoms with E-state index in [4.69, 9.17) is 10.5 Å². The highest BCUT2D eigenvalue weighted by atomic mass is 16.5. The van der Waals surface area contributed by atoms with Crippen molar-refractivity contribution in [3.05, 3.63) is 0 Å². The smallest absolute Gasteiger partial charge is 0.317 e. The van der Waals surface area contributed by atoms with E-state index < -0.39 is 0 Å². The van der Waals surface area contributed by atoms with E-state index in [0.29, 0.717) is 32.8 Å². The van der Waals surface area contributed by atoms with Crippen molar-refractivity contribution in [2.24, 2.45) is 5.73 Å². The standard InChI is InChI=1S/C10H21N3O2/c1-9(3-2-4-11)12-10(14)13-5-7-15-8-6-13/h9H,2-8,11H2,1H3,(H,12,14). The van der Waals surface area contributed by atoms with Crippen molar-refractivity contribution in [3.63, 3.8) is 0 Å². The van der Waals surface area contributed by atoms with Gasteiger partial charge in [0.2, 0.25) is 0 Å². The van der Waals surface area contributed by atoms with Gasteiger partial charge in [0, 0.05) is 19.1 Å². The van der Waals surface area contributed by atoms with Gasteiger partial charge < -0.3 is 20.7 Å². The molecule has 1 rings (SSSR count). The lowest BCUT2D eigenvalue weighted by atomic mass is 10.2. The van der Waals surface area contributed by atoms with Crippen molar-refractivity contribution in [1.29, 1.82) is 0 Å². The first-order valence-electron chi connectivity index (χ1n) is 5.57. The third kappa shape index (κ3) is 4.48. The summed E-state index contributed by atoms with van der Waals surface area (Å²) in [6.45, 7) is 5.35. The number of nitrogens with one attached hydrogen (secondary N) is 1. The second-order valence-corrected chi connectivity index (χ2v) is 3.88. The van der Waals surface area contributed by atoms with Crippen LogP contribution >= 0.6 is 0 Å². The summed E-state index contributed by atoms with van der Waals surface area (Å²) in [7, 11) is 0. The molecule has 0 aromatic carbocycles. The Balaban J connectivity index is 2.21. The first kappa shape index (κ1) is 12.3. The summed E-state index contributed by atoms with van der Waals surface area (Å²) >= 11 is 0. The Kier molecular flexibility index (Phi) is 5.42. The number of amides is 2. The molecule has 1 unspecified atom stereocenters. The molecule has 0 aromatic rings. The third-order valence-electron chi connectivity index (χ3n) is 2.51. The van der Waals surface area contributed by atoms with E-state index in [9.17, 15) is 4.79 Å². The molecule has 0 saturated carbocycles. The summed E-state index contributed by atoms with van der Waals surface area (Å²) in [6, 6.07) is 0.215. The molecule has 0 aliphatic carbocycles. The number of hydrogen-bond donors (Lipinski definition) is 2. The SMILES string of the molecule is CC(CCCN)NC(=O)N1CCOCC1. The van der Waals surface area contributed by atoms with Crippen LogP contribution in [0.15, 0.2) is 0 Å². The van der Waals surface area contributed by atoms with Gasteiger partial charge in [0.1, 0.15) is 0 Å². The largest absolute Gasteiger partial charge is 0.378 e. The minimum absolute atomic E-state index is 0.0165. The maximum atomic E-state index is 11.7. The number of morpholine rings is 1. The van der Waals surface area contributed by atoms with Crippen LogP contribution in [0, 0.1) is 0 Å². The van der Waals surface area contributed by atoms with E-state index in [0.717, 1.165) is 12.8 Å². The van der Waals surface area contributed by atoms with E-state index in [1.807, 2.05) is 6.92 Å². The average molecular weight is 215 g/mol. The predicted octanol–water partition coefficient (Wildman–Crippen LogP) is 0.156. The predicted molar refractivity (Wildman–Crippen MR) is 58.7 cm³/mol. The molecule has 1 saturated heterocycles. The topological polar surface area (TPSA) is 67.6 Å². The monoisotopic (exact) mass is 215 g/mol. The third-order valence-corrected chi connectivity index (χ3v) is 2.51. The highest BCUT2D eigenvalue weighted by Gasteiger charge is 2.17. The van der Waals surface area contributed by atoms with Crippen molar-refractivity contribution >= 4 is 6.03 Å². The molecule has 0 aromatic heterocycles. The quantitative estimate of drug-likeness (QED) is 0.701. The van der Waals surface area contributed by atoms with Gasteiger partial charge in [0.15, 0.2) is 0 Å². The van der Waals surface area contributed by atoms with E-state index in [1.165, 1.54) is 0 Å². The minimum atomic E-state index is 0.0165. The van der Waals surface area contributed by atoms with Crippen molar-refractivity contribution in [1.82, 2.24) is 10.2 Å². The molecule has 1 atom stereocenters. The van der Waals surface area contributed by atoms with Crippen LogP contribution in [-0.2, 0) is 4.74 Å². The molecule has 5 heteroatoms. The van der Waals surface area contributed by atoms with Crippen LogP contribution in [0.4, 0.5) is 4.79 Å². The van der Waals surface area contributed by atoms with Crippen LogP contribution in [0.1, 0.15) is 19.8 Å². The van der Waals surface area contributed by atoms with E-state index >= 15 is 0 Å². The van der Waals surface area contributed by atoms with Crippen LogP contribution in [0.3, 0.4) is 0 Å². The fourth-order valence-electron chi connectivity index (χ4n) is 1.56. The van der Waals surface area contributed by atoms with Gasteiger partial charge in [-0.1, -0.05) is 0 Å². The molecule has 0 bridgehead atoms. The molecule has 5 nitrogen and oxygen atoms in total. The molecule has 15 heavy (non-hydrogen) atoms. The normalized spacial score (nSPS) is 18.7. The molecule has 3 N–H and O–H groups in total. The average Bonchev–Trinajstić information content (AvgIpc) is 2.27. The Morgan fingerprint density at radius 2 is 2.20 bits per heavy atom. The van der Waals surface area contributed by atoms with Gasteiger partial charge in [-0.05, 0) is 26.3 Å². The molecule has 0 spiro atoms. The van der Waals surface area contributed by atoms with Crippen molar-refractivity contribution in [2.45, 2.75) is 25.8 Å². The summed E-state index contributed by atoms with van der Waals surface area (Å²) in [5, 5.41) is 2.96. The number of carbonyl (C=O) groups is 1. The van der Waals surface area contributed by atoms with E-state index in [-0.39, 0.29) is 12.1 Å². The summed E-state index contributed by atoms with van der Waals surface area (Å²) in [4.78, 5) is 13.5. The molecule has 0 radical (unpaired) electrons. The zero-order chi connectivity index (χ0) is 11.1. The zero-order valence-electron chi connectivity index (χ0n) is 9.37.